The molecule has 0 aromatic heterocycles. The molecule has 0 saturated carbocycles. The topological polar surface area (TPSA) is 0 Å². The highest BCUT2D eigenvalue weighted by atomic mass is 79.9. The molecule has 1 aliphatic heterocycles. The fourth-order valence-electron chi connectivity index (χ4n) is 1.84. The summed E-state index contributed by atoms with van der Waals surface area (Å²) in [5.41, 5.74) is 4.44. The quantitative estimate of drug-likeness (QED) is 0.674. The third-order valence-corrected chi connectivity index (χ3v) is 4.78. The summed E-state index contributed by atoms with van der Waals surface area (Å²) in [7, 11) is 0. The van der Waals surface area contributed by atoms with Gasteiger partial charge in [0.1, 0.15) is 0 Å². The first kappa shape index (κ1) is 9.60. The largest absolute Gasteiger partial charge is 0.126 e. The molecule has 2 heteroatoms. The normalized spacial score (nSPS) is 15.6. The minimum absolute atomic E-state index is 1.26. The van der Waals surface area contributed by atoms with E-state index in [9.17, 15) is 0 Å². The first-order valence-electron chi connectivity index (χ1n) is 4.61. The van der Waals surface area contributed by atoms with Crippen molar-refractivity contribution in [3.63, 3.8) is 0 Å². The molecular weight excluding hydrogens is 244 g/mol. The average Bonchev–Trinajstić information content (AvgIpc) is 2.15. The zero-order valence-electron chi connectivity index (χ0n) is 7.98. The summed E-state index contributed by atoms with van der Waals surface area (Å²) < 4.78 is 1.27. The minimum Gasteiger partial charge on any atom is -0.126 e. The van der Waals surface area contributed by atoms with Crippen LogP contribution in [-0.4, -0.2) is 5.75 Å². The number of hydrogen-bond donors (Lipinski definition) is 0. The van der Waals surface area contributed by atoms with Crippen LogP contribution in [0.4, 0.5) is 0 Å². The van der Waals surface area contributed by atoms with Gasteiger partial charge in [0.15, 0.2) is 0 Å². The molecule has 1 aliphatic rings. The van der Waals surface area contributed by atoms with Crippen LogP contribution in [0.2, 0.25) is 0 Å². The molecule has 0 bridgehead atoms. The second kappa shape index (κ2) is 3.66. The smallest absolute Gasteiger partial charge is 0.0210 e. The number of aryl methyl sites for hydroxylation is 1. The molecule has 1 aromatic rings. The van der Waals surface area contributed by atoms with Crippen molar-refractivity contribution in [3.05, 3.63) is 27.2 Å². The highest BCUT2D eigenvalue weighted by Crippen LogP contribution is 2.37. The van der Waals surface area contributed by atoms with Gasteiger partial charge < -0.3 is 0 Å². The van der Waals surface area contributed by atoms with Gasteiger partial charge in [-0.25, -0.2) is 0 Å². The van der Waals surface area contributed by atoms with E-state index in [1.807, 2.05) is 11.8 Å². The standard InChI is InChI=1S/C11H13BrS/c1-7-6-10(12)8(2)9-4-3-5-13-11(7)9/h6H,3-5H2,1-2H3. The van der Waals surface area contributed by atoms with Gasteiger partial charge in [-0.15, -0.1) is 11.8 Å². The van der Waals surface area contributed by atoms with Gasteiger partial charge in [0.25, 0.3) is 0 Å². The summed E-state index contributed by atoms with van der Waals surface area (Å²) in [6.45, 7) is 4.43. The van der Waals surface area contributed by atoms with Crippen molar-refractivity contribution in [1.82, 2.24) is 0 Å². The molecule has 1 heterocycles. The van der Waals surface area contributed by atoms with Gasteiger partial charge in [0, 0.05) is 9.37 Å². The summed E-state index contributed by atoms with van der Waals surface area (Å²) in [5, 5.41) is 0. The van der Waals surface area contributed by atoms with Crippen molar-refractivity contribution < 1.29 is 0 Å². The molecule has 0 unspecified atom stereocenters. The molecule has 2 rings (SSSR count). The molecule has 70 valence electrons. The lowest BCUT2D eigenvalue weighted by atomic mass is 10.0. The molecular formula is C11H13BrS. The Morgan fingerprint density at radius 2 is 2.15 bits per heavy atom. The van der Waals surface area contributed by atoms with Crippen molar-refractivity contribution in [2.75, 3.05) is 5.75 Å². The minimum atomic E-state index is 1.26. The molecule has 0 saturated heterocycles. The van der Waals surface area contributed by atoms with Gasteiger partial charge in [-0.2, -0.15) is 0 Å². The fourth-order valence-corrected chi connectivity index (χ4v) is 3.63. The molecule has 0 nitrogen and oxygen atoms in total. The average molecular weight is 257 g/mol. The first-order valence-corrected chi connectivity index (χ1v) is 6.39. The zero-order valence-corrected chi connectivity index (χ0v) is 10.4. The fraction of sp³-hybridized carbons (Fsp3) is 0.455. The van der Waals surface area contributed by atoms with Gasteiger partial charge in [-0.3, -0.25) is 0 Å². The Bertz CT molecular complexity index is 344. The van der Waals surface area contributed by atoms with E-state index in [0.29, 0.717) is 0 Å². The van der Waals surface area contributed by atoms with Crippen LogP contribution >= 0.6 is 27.7 Å². The van der Waals surface area contributed by atoms with E-state index in [4.69, 9.17) is 0 Å². The van der Waals surface area contributed by atoms with Crippen LogP contribution in [0.5, 0.6) is 0 Å². The van der Waals surface area contributed by atoms with E-state index in [0.717, 1.165) is 0 Å². The predicted octanol–water partition coefficient (Wildman–Crippen LogP) is 4.10. The summed E-state index contributed by atoms with van der Waals surface area (Å²) in [4.78, 5) is 1.53. The van der Waals surface area contributed by atoms with E-state index in [1.54, 1.807) is 5.56 Å². The van der Waals surface area contributed by atoms with Gasteiger partial charge in [-0.05, 0) is 55.2 Å². The zero-order chi connectivity index (χ0) is 9.42. The number of hydrogen-bond acceptors (Lipinski definition) is 1. The highest BCUT2D eigenvalue weighted by Gasteiger charge is 2.15. The van der Waals surface area contributed by atoms with Crippen LogP contribution in [0.15, 0.2) is 15.4 Å². The van der Waals surface area contributed by atoms with Crippen molar-refractivity contribution in [2.45, 2.75) is 31.6 Å². The molecule has 1 aromatic carbocycles. The number of rotatable bonds is 0. The van der Waals surface area contributed by atoms with Crippen molar-refractivity contribution in [3.8, 4) is 0 Å². The summed E-state index contributed by atoms with van der Waals surface area (Å²) in [5.74, 6) is 1.29. The number of benzene rings is 1. The Morgan fingerprint density at radius 1 is 1.38 bits per heavy atom. The van der Waals surface area contributed by atoms with Crippen LogP contribution < -0.4 is 0 Å². The van der Waals surface area contributed by atoms with E-state index < -0.39 is 0 Å². The molecule has 13 heavy (non-hydrogen) atoms. The molecule has 0 fully saturated rings. The Labute approximate surface area is 92.2 Å². The van der Waals surface area contributed by atoms with Crippen LogP contribution in [0.25, 0.3) is 0 Å². The molecule has 0 spiro atoms. The summed E-state index contributed by atoms with van der Waals surface area (Å²) in [6.07, 6.45) is 2.59. The number of thioether (sulfide) groups is 1. The van der Waals surface area contributed by atoms with E-state index >= 15 is 0 Å². The molecule has 0 radical (unpaired) electrons. The van der Waals surface area contributed by atoms with Crippen molar-refractivity contribution in [1.29, 1.82) is 0 Å². The Balaban J connectivity index is 2.63. The number of halogens is 1. The van der Waals surface area contributed by atoms with Gasteiger partial charge in [-0.1, -0.05) is 15.9 Å². The maximum absolute atomic E-state index is 3.62. The van der Waals surface area contributed by atoms with E-state index in [-0.39, 0.29) is 0 Å². The lowest BCUT2D eigenvalue weighted by Gasteiger charge is -2.20. The second-order valence-electron chi connectivity index (χ2n) is 3.56. The summed E-state index contributed by atoms with van der Waals surface area (Å²) in [6, 6.07) is 2.24. The molecule has 0 amide bonds. The third kappa shape index (κ3) is 1.66. The van der Waals surface area contributed by atoms with Crippen molar-refractivity contribution in [2.24, 2.45) is 0 Å². The Morgan fingerprint density at radius 3 is 2.92 bits per heavy atom. The van der Waals surface area contributed by atoms with E-state index in [1.165, 1.54) is 39.1 Å². The van der Waals surface area contributed by atoms with Gasteiger partial charge in [0.05, 0.1) is 0 Å². The lowest BCUT2D eigenvalue weighted by molar-refractivity contribution is 0.870. The van der Waals surface area contributed by atoms with Crippen LogP contribution in [-0.2, 0) is 6.42 Å². The molecule has 0 atom stereocenters. The third-order valence-electron chi connectivity index (χ3n) is 2.60. The van der Waals surface area contributed by atoms with Crippen LogP contribution in [0.1, 0.15) is 23.1 Å². The molecule has 0 aliphatic carbocycles. The second-order valence-corrected chi connectivity index (χ2v) is 5.52. The summed E-state index contributed by atoms with van der Waals surface area (Å²) >= 11 is 5.63. The maximum Gasteiger partial charge on any atom is 0.0210 e. The Hall–Kier alpha value is 0.0500. The SMILES string of the molecule is Cc1cc(Br)c(C)c2c1SCCC2. The molecule has 0 N–H and O–H groups in total. The van der Waals surface area contributed by atoms with Crippen molar-refractivity contribution >= 4 is 27.7 Å². The lowest BCUT2D eigenvalue weighted by Crippen LogP contribution is -2.03. The number of fused-ring (bicyclic) bond motifs is 1. The maximum atomic E-state index is 3.62. The monoisotopic (exact) mass is 256 g/mol. The first-order chi connectivity index (χ1) is 6.20. The highest BCUT2D eigenvalue weighted by molar-refractivity contribution is 9.10. The van der Waals surface area contributed by atoms with Gasteiger partial charge in [0.2, 0.25) is 0 Å². The van der Waals surface area contributed by atoms with Crippen LogP contribution in [0, 0.1) is 13.8 Å². The predicted molar refractivity (Wildman–Crippen MR) is 62.7 cm³/mol. The van der Waals surface area contributed by atoms with Crippen LogP contribution in [0.3, 0.4) is 0 Å². The van der Waals surface area contributed by atoms with Gasteiger partial charge >= 0.3 is 0 Å². The Kier molecular flexibility index (Phi) is 2.70. The van der Waals surface area contributed by atoms with E-state index in [2.05, 4.69) is 35.8 Å².